The van der Waals surface area contributed by atoms with Crippen molar-refractivity contribution in [3.8, 4) is 11.3 Å². The van der Waals surface area contributed by atoms with Gasteiger partial charge in [-0.2, -0.15) is 0 Å². The average Bonchev–Trinajstić information content (AvgIpc) is 3.34. The van der Waals surface area contributed by atoms with Gasteiger partial charge in [-0.1, -0.05) is 30.5 Å². The lowest BCUT2D eigenvalue weighted by atomic mass is 9.98. The summed E-state index contributed by atoms with van der Waals surface area (Å²) in [5.74, 6) is -0.242. The molecule has 1 saturated heterocycles. The Morgan fingerprint density at radius 3 is 2.54 bits per heavy atom. The molecular weight excluding hydrogens is 370 g/mol. The van der Waals surface area contributed by atoms with Crippen molar-refractivity contribution in [2.75, 3.05) is 11.9 Å². The average molecular weight is 398 g/mol. The van der Waals surface area contributed by atoms with E-state index in [1.807, 2.05) is 10.3 Å². The van der Waals surface area contributed by atoms with Crippen molar-refractivity contribution in [3.05, 3.63) is 34.2 Å². The lowest BCUT2D eigenvalue weighted by Crippen LogP contribution is -2.35. The first-order chi connectivity index (χ1) is 13.4. The van der Waals surface area contributed by atoms with E-state index in [2.05, 4.69) is 43.2 Å². The number of hydrogen-bond acceptors (Lipinski definition) is 4. The number of rotatable bonds is 4. The van der Waals surface area contributed by atoms with E-state index in [0.29, 0.717) is 24.1 Å². The van der Waals surface area contributed by atoms with Crippen molar-refractivity contribution in [2.45, 2.75) is 58.9 Å². The highest BCUT2D eigenvalue weighted by molar-refractivity contribution is 7.14. The molecule has 0 spiro atoms. The number of nitrogens with one attached hydrogen (secondary N) is 1. The maximum Gasteiger partial charge on any atom is 0.231 e. The van der Waals surface area contributed by atoms with Crippen molar-refractivity contribution in [2.24, 2.45) is 5.92 Å². The largest absolute Gasteiger partial charge is 0.339 e. The molecule has 28 heavy (non-hydrogen) atoms. The Morgan fingerprint density at radius 1 is 1.18 bits per heavy atom. The van der Waals surface area contributed by atoms with Crippen molar-refractivity contribution < 1.29 is 9.59 Å². The molecule has 4 rings (SSSR count). The predicted octanol–water partition coefficient (Wildman–Crippen LogP) is 4.46. The summed E-state index contributed by atoms with van der Waals surface area (Å²) in [6.07, 6.45) is 4.84. The summed E-state index contributed by atoms with van der Waals surface area (Å²) >= 11 is 1.44. The van der Waals surface area contributed by atoms with Crippen LogP contribution in [0.3, 0.4) is 0 Å². The van der Waals surface area contributed by atoms with Gasteiger partial charge in [-0.05, 0) is 44.7 Å². The number of nitrogens with zero attached hydrogens (tertiary/aromatic N) is 2. The number of aryl methyl sites for hydroxylation is 3. The van der Waals surface area contributed by atoms with Gasteiger partial charge in [0.25, 0.3) is 0 Å². The minimum atomic E-state index is -0.275. The second-order valence-electron chi connectivity index (χ2n) is 8.19. The van der Waals surface area contributed by atoms with E-state index in [9.17, 15) is 9.59 Å². The standard InChI is InChI=1S/C22H27N3O2S/c1-13-8-14(2)20(15(3)9-13)18-12-28-22(23-18)24-21(27)16-10-19(26)25(11-16)17-6-4-5-7-17/h8-9,12,16-17H,4-7,10-11H2,1-3H3,(H,23,24,27). The normalized spacial score (nSPS) is 20.2. The summed E-state index contributed by atoms with van der Waals surface area (Å²) in [5, 5.41) is 5.54. The van der Waals surface area contributed by atoms with Crippen LogP contribution in [-0.4, -0.2) is 34.3 Å². The number of hydrogen-bond donors (Lipinski definition) is 1. The molecule has 1 unspecified atom stereocenters. The third-order valence-corrected chi connectivity index (χ3v) is 6.72. The number of carbonyl (C=O) groups excluding carboxylic acids is 2. The van der Waals surface area contributed by atoms with Gasteiger partial charge in [0.1, 0.15) is 0 Å². The van der Waals surface area contributed by atoms with Crippen molar-refractivity contribution >= 4 is 28.3 Å². The molecule has 5 nitrogen and oxygen atoms in total. The van der Waals surface area contributed by atoms with Crippen LogP contribution in [0, 0.1) is 26.7 Å². The zero-order valence-electron chi connectivity index (χ0n) is 16.7. The van der Waals surface area contributed by atoms with Crippen LogP contribution in [-0.2, 0) is 9.59 Å². The summed E-state index contributed by atoms with van der Waals surface area (Å²) in [4.78, 5) is 31.7. The number of thiazole rings is 1. The molecule has 1 aliphatic carbocycles. The van der Waals surface area contributed by atoms with Gasteiger partial charge in [0.05, 0.1) is 11.6 Å². The summed E-state index contributed by atoms with van der Waals surface area (Å²) in [6.45, 7) is 6.82. The van der Waals surface area contributed by atoms with Crippen LogP contribution >= 0.6 is 11.3 Å². The Hall–Kier alpha value is -2.21. The highest BCUT2D eigenvalue weighted by atomic mass is 32.1. The van der Waals surface area contributed by atoms with Gasteiger partial charge in [0, 0.05) is 30.0 Å². The smallest absolute Gasteiger partial charge is 0.231 e. The molecule has 0 bridgehead atoms. The van der Waals surface area contributed by atoms with E-state index < -0.39 is 0 Å². The fourth-order valence-electron chi connectivity index (χ4n) is 4.71. The van der Waals surface area contributed by atoms with Crippen molar-refractivity contribution in [1.82, 2.24) is 9.88 Å². The lowest BCUT2D eigenvalue weighted by Gasteiger charge is -2.23. The minimum absolute atomic E-state index is 0.0907. The molecule has 1 aromatic carbocycles. The third-order valence-electron chi connectivity index (χ3n) is 5.96. The van der Waals surface area contributed by atoms with Crippen molar-refractivity contribution in [1.29, 1.82) is 0 Å². The zero-order valence-corrected chi connectivity index (χ0v) is 17.6. The van der Waals surface area contributed by atoms with E-state index in [0.717, 1.165) is 24.1 Å². The molecule has 2 aliphatic rings. The van der Waals surface area contributed by atoms with Crippen LogP contribution in [0.1, 0.15) is 48.8 Å². The highest BCUT2D eigenvalue weighted by Crippen LogP contribution is 2.33. The Kier molecular flexibility index (Phi) is 5.23. The second kappa shape index (κ2) is 7.66. The minimum Gasteiger partial charge on any atom is -0.339 e. The maximum atomic E-state index is 12.7. The van der Waals surface area contributed by atoms with Crippen LogP contribution in [0.2, 0.25) is 0 Å². The molecule has 1 atom stereocenters. The molecule has 2 aromatic rings. The fraction of sp³-hybridized carbons (Fsp3) is 0.500. The van der Waals surface area contributed by atoms with Gasteiger partial charge >= 0.3 is 0 Å². The Bertz CT molecular complexity index is 891. The molecule has 148 valence electrons. The molecule has 2 heterocycles. The fourth-order valence-corrected chi connectivity index (χ4v) is 5.42. The number of aromatic nitrogens is 1. The Morgan fingerprint density at radius 2 is 1.86 bits per heavy atom. The summed E-state index contributed by atoms with van der Waals surface area (Å²) < 4.78 is 0. The van der Waals surface area contributed by atoms with Crippen molar-refractivity contribution in [3.63, 3.8) is 0 Å². The van der Waals surface area contributed by atoms with E-state index >= 15 is 0 Å². The van der Waals surface area contributed by atoms with Gasteiger partial charge in [-0.25, -0.2) is 4.98 Å². The van der Waals surface area contributed by atoms with E-state index in [1.165, 1.54) is 40.9 Å². The molecule has 6 heteroatoms. The number of carbonyl (C=O) groups is 2. The van der Waals surface area contributed by atoms with Gasteiger partial charge in [-0.3, -0.25) is 9.59 Å². The highest BCUT2D eigenvalue weighted by Gasteiger charge is 2.38. The zero-order chi connectivity index (χ0) is 19.8. The van der Waals surface area contributed by atoms with Crippen LogP contribution in [0.5, 0.6) is 0 Å². The quantitative estimate of drug-likeness (QED) is 0.828. The molecule has 1 saturated carbocycles. The van der Waals surface area contributed by atoms with Gasteiger partial charge in [0.15, 0.2) is 5.13 Å². The SMILES string of the molecule is Cc1cc(C)c(-c2csc(NC(=O)C3CC(=O)N(C4CCCC4)C3)n2)c(C)c1. The topological polar surface area (TPSA) is 62.3 Å². The Labute approximate surface area is 170 Å². The van der Waals surface area contributed by atoms with E-state index in [4.69, 9.17) is 0 Å². The van der Waals surface area contributed by atoms with Crippen LogP contribution < -0.4 is 5.32 Å². The molecular formula is C22H27N3O2S. The third kappa shape index (κ3) is 3.70. The number of anilines is 1. The molecule has 2 amide bonds. The van der Waals surface area contributed by atoms with Gasteiger partial charge in [0.2, 0.25) is 11.8 Å². The Balaban J connectivity index is 1.44. The van der Waals surface area contributed by atoms with Crippen LogP contribution in [0.25, 0.3) is 11.3 Å². The first-order valence-corrected chi connectivity index (χ1v) is 10.9. The summed E-state index contributed by atoms with van der Waals surface area (Å²) in [7, 11) is 0. The predicted molar refractivity (Wildman–Crippen MR) is 112 cm³/mol. The maximum absolute atomic E-state index is 12.7. The number of benzene rings is 1. The number of likely N-dealkylation sites (tertiary alicyclic amines) is 1. The number of amides is 2. The molecule has 0 radical (unpaired) electrons. The summed E-state index contributed by atoms with van der Waals surface area (Å²) in [6, 6.07) is 4.65. The summed E-state index contributed by atoms with van der Waals surface area (Å²) in [5.41, 5.74) is 5.64. The lowest BCUT2D eigenvalue weighted by molar-refractivity contribution is -0.129. The second-order valence-corrected chi connectivity index (χ2v) is 9.04. The first-order valence-electron chi connectivity index (χ1n) is 10.1. The van der Waals surface area contributed by atoms with E-state index in [1.54, 1.807) is 0 Å². The van der Waals surface area contributed by atoms with Gasteiger partial charge < -0.3 is 10.2 Å². The first kappa shape index (κ1) is 19.1. The molecule has 1 N–H and O–H groups in total. The van der Waals surface area contributed by atoms with Crippen LogP contribution in [0.15, 0.2) is 17.5 Å². The van der Waals surface area contributed by atoms with Gasteiger partial charge in [-0.15, -0.1) is 11.3 Å². The molecule has 1 aliphatic heterocycles. The molecule has 1 aromatic heterocycles. The van der Waals surface area contributed by atoms with Crippen LogP contribution in [0.4, 0.5) is 5.13 Å². The monoisotopic (exact) mass is 397 g/mol. The van der Waals surface area contributed by atoms with E-state index in [-0.39, 0.29) is 17.7 Å². The molecule has 2 fully saturated rings.